The summed E-state index contributed by atoms with van der Waals surface area (Å²) in [6.45, 7) is 9.75. The van der Waals surface area contributed by atoms with Gasteiger partial charge in [0.15, 0.2) is 0 Å². The van der Waals surface area contributed by atoms with E-state index in [2.05, 4.69) is 246 Å². The molecule has 334 valence electrons. The van der Waals surface area contributed by atoms with E-state index in [0.717, 1.165) is 11.2 Å². The topological polar surface area (TPSA) is 13.1 Å². The first-order valence-electron chi connectivity index (χ1n) is 25.1. The van der Waals surface area contributed by atoms with Gasteiger partial charge in [0.25, 0.3) is 0 Å². The van der Waals surface area contributed by atoms with Crippen molar-refractivity contribution in [3.63, 3.8) is 0 Å². The summed E-state index contributed by atoms with van der Waals surface area (Å²) in [4.78, 5) is 0. The van der Waals surface area contributed by atoms with E-state index in [1.165, 1.54) is 143 Å². The Morgan fingerprint density at radius 2 is 0.606 bits per heavy atom. The van der Waals surface area contributed by atoms with Crippen LogP contribution in [0.15, 0.2) is 223 Å². The summed E-state index contributed by atoms with van der Waals surface area (Å²) in [6.07, 6.45) is 0. The number of fused-ring (bicyclic) bond motifs is 16. The number of hydrogen-bond donors (Lipinski definition) is 0. The van der Waals surface area contributed by atoms with E-state index < -0.39 is 0 Å². The van der Waals surface area contributed by atoms with Crippen LogP contribution in [0.2, 0.25) is 0 Å². The van der Waals surface area contributed by atoms with Crippen LogP contribution >= 0.6 is 0 Å². The second-order valence-electron chi connectivity index (χ2n) is 21.0. The van der Waals surface area contributed by atoms with E-state index in [9.17, 15) is 0 Å². The van der Waals surface area contributed by atoms with Crippen molar-refractivity contribution in [1.29, 1.82) is 0 Å². The fourth-order valence-electron chi connectivity index (χ4n) is 13.6. The third-order valence-electron chi connectivity index (χ3n) is 16.6. The number of benzene rings is 12. The number of para-hydroxylation sites is 1. The van der Waals surface area contributed by atoms with Gasteiger partial charge in [-0.3, -0.25) is 0 Å². The van der Waals surface area contributed by atoms with Crippen molar-refractivity contribution >= 4 is 65.0 Å². The normalized spacial score (nSPS) is 14.1. The van der Waals surface area contributed by atoms with Gasteiger partial charge in [-0.2, -0.15) is 0 Å². The molecule has 1 aromatic heterocycles. The molecule has 13 aromatic rings. The summed E-state index contributed by atoms with van der Waals surface area (Å²) < 4.78 is 7.20. The van der Waals surface area contributed by atoms with Gasteiger partial charge in [0.05, 0.1) is 0 Å². The summed E-state index contributed by atoms with van der Waals surface area (Å²) in [7, 11) is 0. The zero-order chi connectivity index (χ0) is 47.3. The van der Waals surface area contributed by atoms with Crippen molar-refractivity contribution in [2.45, 2.75) is 38.5 Å². The van der Waals surface area contributed by atoms with Crippen LogP contribution in [0.1, 0.15) is 49.9 Å². The molecule has 1 heteroatoms. The first kappa shape index (κ1) is 40.4. The molecule has 1 heterocycles. The maximum absolute atomic E-state index is 7.20. The fraction of sp³-hybridized carbons (Fsp3) is 0.0857. The molecule has 0 atom stereocenters. The fourth-order valence-corrected chi connectivity index (χ4v) is 13.6. The Bertz CT molecular complexity index is 4320. The Kier molecular flexibility index (Phi) is 8.25. The van der Waals surface area contributed by atoms with E-state index >= 15 is 0 Å². The first-order valence-corrected chi connectivity index (χ1v) is 25.1. The van der Waals surface area contributed by atoms with Gasteiger partial charge in [0.2, 0.25) is 0 Å². The lowest BCUT2D eigenvalue weighted by Gasteiger charge is -2.26. The summed E-state index contributed by atoms with van der Waals surface area (Å²) in [6, 6.07) is 81.2. The van der Waals surface area contributed by atoms with Crippen LogP contribution in [-0.4, -0.2) is 0 Å². The second-order valence-corrected chi connectivity index (χ2v) is 21.0. The van der Waals surface area contributed by atoms with Gasteiger partial charge in [-0.1, -0.05) is 228 Å². The molecule has 15 rings (SSSR count). The molecule has 12 aromatic carbocycles. The van der Waals surface area contributed by atoms with Gasteiger partial charge < -0.3 is 4.42 Å². The van der Waals surface area contributed by atoms with E-state index in [4.69, 9.17) is 4.42 Å². The Morgan fingerprint density at radius 3 is 1.01 bits per heavy atom. The van der Waals surface area contributed by atoms with E-state index in [1.54, 1.807) is 0 Å². The Hall–Kier alpha value is -8.52. The predicted molar refractivity (Wildman–Crippen MR) is 301 cm³/mol. The van der Waals surface area contributed by atoms with E-state index in [1.807, 2.05) is 0 Å². The highest BCUT2D eigenvalue weighted by Gasteiger charge is 2.48. The Morgan fingerprint density at radius 1 is 0.282 bits per heavy atom. The Labute approximate surface area is 413 Å². The van der Waals surface area contributed by atoms with Crippen LogP contribution in [0.3, 0.4) is 0 Å². The molecular formula is C70H48O. The molecule has 0 aliphatic heterocycles. The van der Waals surface area contributed by atoms with Crippen LogP contribution in [0.25, 0.3) is 132 Å². The van der Waals surface area contributed by atoms with E-state index in [0.29, 0.717) is 0 Å². The molecule has 0 unspecified atom stereocenters. The van der Waals surface area contributed by atoms with Gasteiger partial charge in [-0.05, 0) is 145 Å². The smallest absolute Gasteiger partial charge is 0.140 e. The molecular weight excluding hydrogens is 857 g/mol. The van der Waals surface area contributed by atoms with Crippen LogP contribution in [-0.2, 0) is 10.8 Å². The van der Waals surface area contributed by atoms with Gasteiger partial charge in [-0.25, -0.2) is 0 Å². The molecule has 0 radical (unpaired) electrons. The maximum Gasteiger partial charge on any atom is 0.140 e. The highest BCUT2D eigenvalue weighted by Crippen LogP contribution is 2.64. The van der Waals surface area contributed by atoms with Crippen LogP contribution < -0.4 is 0 Å². The Balaban J connectivity index is 0.992. The molecule has 1 nitrogen and oxygen atoms in total. The highest BCUT2D eigenvalue weighted by atomic mass is 16.3. The molecule has 0 N–H and O–H groups in total. The monoisotopic (exact) mass is 904 g/mol. The first-order chi connectivity index (χ1) is 34.8. The quantitative estimate of drug-likeness (QED) is 0.160. The molecule has 71 heavy (non-hydrogen) atoms. The number of hydrogen-bond acceptors (Lipinski definition) is 1. The van der Waals surface area contributed by atoms with Crippen molar-refractivity contribution in [3.05, 3.63) is 241 Å². The van der Waals surface area contributed by atoms with E-state index in [-0.39, 0.29) is 10.8 Å². The SMILES string of the molecule is CC1(C)c2cc(-c3c4ccccc4c(-c4ccccc4)c4ccccc34)ccc2-c2c3c(c4c(oc5ccccc54)c21)C(C)(C)c1cc(-c2c4ccccc4c(-c4ccccc4)c4ccccc24)ccc1-3. The largest absolute Gasteiger partial charge is 0.456 e. The molecule has 0 saturated heterocycles. The van der Waals surface area contributed by atoms with Crippen molar-refractivity contribution in [2.75, 3.05) is 0 Å². The molecule has 0 fully saturated rings. The minimum Gasteiger partial charge on any atom is -0.456 e. The average Bonchev–Trinajstić information content (AvgIpc) is 3.99. The van der Waals surface area contributed by atoms with Crippen LogP contribution in [0, 0.1) is 0 Å². The van der Waals surface area contributed by atoms with Crippen LogP contribution in [0.4, 0.5) is 0 Å². The summed E-state index contributed by atoms with van der Waals surface area (Å²) in [5.41, 5.74) is 21.9. The van der Waals surface area contributed by atoms with Gasteiger partial charge in [-0.15, -0.1) is 0 Å². The lowest BCUT2D eigenvalue weighted by molar-refractivity contribution is 0.617. The van der Waals surface area contributed by atoms with Gasteiger partial charge in [0.1, 0.15) is 11.2 Å². The lowest BCUT2D eigenvalue weighted by atomic mass is 9.76. The summed E-state index contributed by atoms with van der Waals surface area (Å²) >= 11 is 0. The third-order valence-corrected chi connectivity index (χ3v) is 16.6. The minimum absolute atomic E-state index is 0.346. The second kappa shape index (κ2) is 14.5. The van der Waals surface area contributed by atoms with Crippen molar-refractivity contribution < 1.29 is 4.42 Å². The van der Waals surface area contributed by atoms with Crippen molar-refractivity contribution in [1.82, 2.24) is 0 Å². The maximum atomic E-state index is 7.20. The standard InChI is InChI=1S/C70H48O/c1-69(2)56-39-43(61-49-29-15-11-25-45(49)59(41-21-7-5-8-22-41)46-26-12-16-30-50(46)61)35-37-53(56)63-64-54-38-36-44(40-57(54)70(3,4)67(64)68-65(66(63)69)55-33-19-20-34-58(55)71-68)62-51-31-17-13-27-47(51)60(42-23-9-6-10-24-42)48-28-14-18-32-52(48)62/h5-40H,1-4H3. The average molecular weight is 905 g/mol. The van der Waals surface area contributed by atoms with Crippen molar-refractivity contribution in [2.24, 2.45) is 0 Å². The molecule has 0 spiro atoms. The summed E-state index contributed by atoms with van der Waals surface area (Å²) in [5, 5.41) is 12.6. The minimum atomic E-state index is -0.372. The molecule has 2 aliphatic carbocycles. The van der Waals surface area contributed by atoms with Crippen molar-refractivity contribution in [3.8, 4) is 66.8 Å². The zero-order valence-electron chi connectivity index (χ0n) is 40.2. The molecule has 0 saturated carbocycles. The van der Waals surface area contributed by atoms with Crippen LogP contribution in [0.5, 0.6) is 0 Å². The number of furan rings is 1. The third kappa shape index (κ3) is 5.41. The molecule has 0 amide bonds. The zero-order valence-corrected chi connectivity index (χ0v) is 40.2. The van der Waals surface area contributed by atoms with Gasteiger partial charge >= 0.3 is 0 Å². The molecule has 0 bridgehead atoms. The highest BCUT2D eigenvalue weighted by molar-refractivity contribution is 6.24. The number of rotatable bonds is 4. The summed E-state index contributed by atoms with van der Waals surface area (Å²) in [5.74, 6) is 0. The molecule has 2 aliphatic rings. The van der Waals surface area contributed by atoms with Gasteiger partial charge in [0, 0.05) is 27.2 Å². The lowest BCUT2D eigenvalue weighted by Crippen LogP contribution is -2.18. The predicted octanol–water partition coefficient (Wildman–Crippen LogP) is 19.5.